The van der Waals surface area contributed by atoms with Crippen LogP contribution in [0, 0.1) is 6.92 Å². The van der Waals surface area contributed by atoms with Crippen LogP contribution in [-0.2, 0) is 9.53 Å². The summed E-state index contributed by atoms with van der Waals surface area (Å²) in [5.41, 5.74) is 2.40. The number of hydrogen-bond acceptors (Lipinski definition) is 3. The Morgan fingerprint density at radius 2 is 2.06 bits per heavy atom. The topological polar surface area (TPSA) is 38.3 Å². The van der Waals surface area contributed by atoms with Crippen molar-refractivity contribution in [2.24, 2.45) is 0 Å². The Morgan fingerprint density at radius 1 is 1.38 bits per heavy atom. The summed E-state index contributed by atoms with van der Waals surface area (Å²) in [5.74, 6) is -0.237. The zero-order valence-electron chi connectivity index (χ0n) is 10.3. The summed E-state index contributed by atoms with van der Waals surface area (Å²) in [6.45, 7) is 5.90. The Balaban J connectivity index is 2.65. The maximum absolute atomic E-state index is 11.3. The minimum absolute atomic E-state index is 0.133. The number of ether oxygens (including phenoxy) is 1. The molecule has 3 heteroatoms. The molecule has 0 amide bonds. The number of aryl methyl sites for hydroxylation is 1. The second-order valence-electron chi connectivity index (χ2n) is 4.05. The highest BCUT2D eigenvalue weighted by molar-refractivity contribution is 5.75. The van der Waals surface area contributed by atoms with Crippen LogP contribution in [0.4, 0.5) is 0 Å². The fourth-order valence-corrected chi connectivity index (χ4v) is 1.66. The number of hydrogen-bond donors (Lipinski definition) is 1. The first-order valence-electron chi connectivity index (χ1n) is 5.45. The van der Waals surface area contributed by atoms with Gasteiger partial charge in [0.25, 0.3) is 0 Å². The molecule has 0 saturated heterocycles. The van der Waals surface area contributed by atoms with Crippen LogP contribution in [0.1, 0.15) is 31.0 Å². The second-order valence-corrected chi connectivity index (χ2v) is 4.05. The summed E-state index contributed by atoms with van der Waals surface area (Å²) in [6, 6.07) is 8.08. The van der Waals surface area contributed by atoms with Gasteiger partial charge in [-0.05, 0) is 26.3 Å². The van der Waals surface area contributed by atoms with E-state index >= 15 is 0 Å². The molecule has 1 N–H and O–H groups in total. The summed E-state index contributed by atoms with van der Waals surface area (Å²) < 4.78 is 4.67. The molecular weight excluding hydrogens is 202 g/mol. The zero-order valence-corrected chi connectivity index (χ0v) is 10.3. The van der Waals surface area contributed by atoms with Crippen LogP contribution in [0.5, 0.6) is 0 Å². The van der Waals surface area contributed by atoms with E-state index in [9.17, 15) is 4.79 Å². The van der Waals surface area contributed by atoms with Gasteiger partial charge in [-0.25, -0.2) is 0 Å². The Morgan fingerprint density at radius 3 is 2.62 bits per heavy atom. The van der Waals surface area contributed by atoms with Gasteiger partial charge < -0.3 is 4.74 Å². The van der Waals surface area contributed by atoms with Gasteiger partial charge in [0.2, 0.25) is 0 Å². The van der Waals surface area contributed by atoms with E-state index in [-0.39, 0.29) is 18.1 Å². The predicted molar refractivity (Wildman–Crippen MR) is 64.2 cm³/mol. The van der Waals surface area contributed by atoms with Gasteiger partial charge in [0.05, 0.1) is 7.11 Å². The summed E-state index contributed by atoms with van der Waals surface area (Å²) >= 11 is 0. The lowest BCUT2D eigenvalue weighted by Crippen LogP contribution is -2.36. The van der Waals surface area contributed by atoms with E-state index in [1.54, 1.807) is 6.92 Å². The van der Waals surface area contributed by atoms with Crippen LogP contribution in [-0.4, -0.2) is 19.1 Å². The van der Waals surface area contributed by atoms with Crippen molar-refractivity contribution >= 4 is 5.97 Å². The highest BCUT2D eigenvalue weighted by Gasteiger charge is 2.16. The SMILES string of the molecule is COC(=O)[C@H](C)NC(C)c1cccc(C)c1. The van der Waals surface area contributed by atoms with Crippen molar-refractivity contribution in [2.75, 3.05) is 7.11 Å². The molecule has 1 rings (SSSR count). The molecule has 88 valence electrons. The lowest BCUT2D eigenvalue weighted by molar-refractivity contribution is -0.142. The molecular formula is C13H19NO2. The third kappa shape index (κ3) is 3.35. The van der Waals surface area contributed by atoms with Crippen molar-refractivity contribution in [3.63, 3.8) is 0 Å². The van der Waals surface area contributed by atoms with Crippen molar-refractivity contribution in [2.45, 2.75) is 32.9 Å². The minimum atomic E-state index is -0.291. The molecule has 3 nitrogen and oxygen atoms in total. The first-order valence-corrected chi connectivity index (χ1v) is 5.45. The highest BCUT2D eigenvalue weighted by Crippen LogP contribution is 2.14. The maximum atomic E-state index is 11.3. The number of benzene rings is 1. The number of methoxy groups -OCH3 is 1. The van der Waals surface area contributed by atoms with E-state index in [1.807, 2.05) is 13.0 Å². The molecule has 0 heterocycles. The van der Waals surface area contributed by atoms with Crippen LogP contribution < -0.4 is 5.32 Å². The molecule has 0 spiro atoms. The number of carbonyl (C=O) groups excluding carboxylic acids is 1. The molecule has 0 radical (unpaired) electrons. The third-order valence-corrected chi connectivity index (χ3v) is 2.60. The third-order valence-electron chi connectivity index (χ3n) is 2.60. The number of nitrogens with one attached hydrogen (secondary N) is 1. The molecule has 0 aromatic heterocycles. The van der Waals surface area contributed by atoms with Crippen LogP contribution in [0.3, 0.4) is 0 Å². The quantitative estimate of drug-likeness (QED) is 0.792. The van der Waals surface area contributed by atoms with Crippen molar-refractivity contribution in [1.82, 2.24) is 5.32 Å². The van der Waals surface area contributed by atoms with Gasteiger partial charge in [0.15, 0.2) is 0 Å². The molecule has 0 aliphatic carbocycles. The first kappa shape index (κ1) is 12.7. The Labute approximate surface area is 96.8 Å². The molecule has 1 aromatic carbocycles. The average Bonchev–Trinajstić information content (AvgIpc) is 2.27. The Hall–Kier alpha value is -1.35. The van der Waals surface area contributed by atoms with Gasteiger partial charge >= 0.3 is 5.97 Å². The highest BCUT2D eigenvalue weighted by atomic mass is 16.5. The van der Waals surface area contributed by atoms with Gasteiger partial charge in [-0.2, -0.15) is 0 Å². The fourth-order valence-electron chi connectivity index (χ4n) is 1.66. The lowest BCUT2D eigenvalue weighted by Gasteiger charge is -2.18. The second kappa shape index (κ2) is 5.66. The van der Waals surface area contributed by atoms with Crippen molar-refractivity contribution < 1.29 is 9.53 Å². The molecule has 0 aliphatic heterocycles. The van der Waals surface area contributed by atoms with Gasteiger partial charge in [-0.1, -0.05) is 29.8 Å². The Kier molecular flexibility index (Phi) is 4.50. The fraction of sp³-hybridized carbons (Fsp3) is 0.462. The standard InChI is InChI=1S/C13H19NO2/c1-9-6-5-7-12(8-9)10(2)14-11(3)13(15)16-4/h5-8,10-11,14H,1-4H3/t10?,11-/m0/s1. The minimum Gasteiger partial charge on any atom is -0.468 e. The van der Waals surface area contributed by atoms with E-state index in [0.29, 0.717) is 0 Å². The summed E-state index contributed by atoms with van der Waals surface area (Å²) in [4.78, 5) is 11.3. The van der Waals surface area contributed by atoms with Gasteiger partial charge in [-0.3, -0.25) is 10.1 Å². The van der Waals surface area contributed by atoms with E-state index in [0.717, 1.165) is 0 Å². The summed E-state index contributed by atoms with van der Waals surface area (Å²) in [6.07, 6.45) is 0. The van der Waals surface area contributed by atoms with E-state index in [4.69, 9.17) is 0 Å². The lowest BCUT2D eigenvalue weighted by atomic mass is 10.1. The Bertz CT molecular complexity index is 363. The van der Waals surface area contributed by atoms with E-state index in [2.05, 4.69) is 35.2 Å². The normalized spacial score (nSPS) is 14.2. The molecule has 2 atom stereocenters. The first-order chi connectivity index (χ1) is 7.54. The smallest absolute Gasteiger partial charge is 0.322 e. The van der Waals surface area contributed by atoms with Gasteiger partial charge in [0, 0.05) is 6.04 Å². The van der Waals surface area contributed by atoms with Crippen LogP contribution in [0.15, 0.2) is 24.3 Å². The van der Waals surface area contributed by atoms with Crippen LogP contribution in [0.2, 0.25) is 0 Å². The molecule has 0 bridgehead atoms. The zero-order chi connectivity index (χ0) is 12.1. The summed E-state index contributed by atoms with van der Waals surface area (Å²) in [7, 11) is 1.40. The van der Waals surface area contributed by atoms with Gasteiger partial charge in [-0.15, -0.1) is 0 Å². The van der Waals surface area contributed by atoms with E-state index < -0.39 is 0 Å². The average molecular weight is 221 g/mol. The van der Waals surface area contributed by atoms with Gasteiger partial charge in [0.1, 0.15) is 6.04 Å². The molecule has 0 fully saturated rings. The molecule has 1 aromatic rings. The van der Waals surface area contributed by atoms with Crippen molar-refractivity contribution in [1.29, 1.82) is 0 Å². The number of esters is 1. The molecule has 1 unspecified atom stereocenters. The molecule has 0 aliphatic rings. The number of carbonyl (C=O) groups is 1. The number of rotatable bonds is 4. The largest absolute Gasteiger partial charge is 0.468 e. The van der Waals surface area contributed by atoms with Crippen molar-refractivity contribution in [3.05, 3.63) is 35.4 Å². The molecule has 16 heavy (non-hydrogen) atoms. The maximum Gasteiger partial charge on any atom is 0.322 e. The van der Waals surface area contributed by atoms with Crippen LogP contribution in [0.25, 0.3) is 0 Å². The predicted octanol–water partition coefficient (Wildman–Crippen LogP) is 2.21. The summed E-state index contributed by atoms with van der Waals surface area (Å²) in [5, 5.41) is 3.20. The monoisotopic (exact) mass is 221 g/mol. The van der Waals surface area contributed by atoms with Crippen LogP contribution >= 0.6 is 0 Å². The molecule has 0 saturated carbocycles. The van der Waals surface area contributed by atoms with E-state index in [1.165, 1.54) is 18.2 Å². The van der Waals surface area contributed by atoms with Crippen molar-refractivity contribution in [3.8, 4) is 0 Å².